The van der Waals surface area contributed by atoms with Gasteiger partial charge in [0, 0.05) is 5.69 Å². The molecule has 2 aromatic carbocycles. The Kier molecular flexibility index (Phi) is 3.92. The van der Waals surface area contributed by atoms with Crippen molar-refractivity contribution in [1.29, 1.82) is 0 Å². The highest BCUT2D eigenvalue weighted by molar-refractivity contribution is 7.85. The molecule has 0 saturated carbocycles. The number of hydrogen-bond acceptors (Lipinski definition) is 6. The first-order chi connectivity index (χ1) is 11.4. The van der Waals surface area contributed by atoms with Crippen molar-refractivity contribution in [1.82, 2.24) is 0 Å². The highest BCUT2D eigenvalue weighted by Gasteiger charge is 2.25. The molecule has 0 heterocycles. The maximum Gasteiger partial charge on any atom is 0.294 e. The fourth-order valence-electron chi connectivity index (χ4n) is 2.30. The molecule has 7 nitrogen and oxygen atoms in total. The topological polar surface area (TPSA) is 122 Å². The van der Waals surface area contributed by atoms with E-state index < -0.39 is 15.9 Å². The van der Waals surface area contributed by atoms with Crippen molar-refractivity contribution >= 4 is 39.1 Å². The van der Waals surface area contributed by atoms with Crippen LogP contribution in [-0.4, -0.2) is 24.5 Å². The van der Waals surface area contributed by atoms with Gasteiger partial charge >= 0.3 is 0 Å². The Labute approximate surface area is 138 Å². The maximum atomic E-state index is 12.5. The third-order valence-electron chi connectivity index (χ3n) is 3.43. The van der Waals surface area contributed by atoms with E-state index in [1.54, 1.807) is 12.1 Å². The lowest BCUT2D eigenvalue weighted by molar-refractivity contribution is 0.106. The molecule has 0 aromatic heterocycles. The molecule has 8 heteroatoms. The summed E-state index contributed by atoms with van der Waals surface area (Å²) in [6.45, 7) is 0. The van der Waals surface area contributed by atoms with Gasteiger partial charge in [-0.1, -0.05) is 24.3 Å². The van der Waals surface area contributed by atoms with E-state index in [1.165, 1.54) is 18.2 Å². The summed E-state index contributed by atoms with van der Waals surface area (Å²) in [5.74, 6) is -0.435. The fourth-order valence-corrected chi connectivity index (χ4v) is 2.85. The summed E-state index contributed by atoms with van der Waals surface area (Å²) in [4.78, 5) is 12.1. The number of ketones is 1. The Morgan fingerprint density at radius 2 is 1.79 bits per heavy atom. The number of nitrogens with two attached hydrogens (primary N) is 1. The lowest BCUT2D eigenvalue weighted by atomic mass is 9.93. The van der Waals surface area contributed by atoms with Gasteiger partial charge in [-0.15, -0.1) is 0 Å². The number of Topliss-reactive ketones (excluding diaryl/α,β-unsaturated/α-hetero) is 1. The van der Waals surface area contributed by atoms with Crippen molar-refractivity contribution in [3.63, 3.8) is 0 Å². The van der Waals surface area contributed by atoms with Gasteiger partial charge in [-0.2, -0.15) is 13.5 Å². The van der Waals surface area contributed by atoms with Crippen molar-refractivity contribution < 1.29 is 17.8 Å². The van der Waals surface area contributed by atoms with E-state index in [9.17, 15) is 13.2 Å². The normalized spacial score (nSPS) is 15.4. The Balaban J connectivity index is 1.97. The molecule has 122 valence electrons. The van der Waals surface area contributed by atoms with E-state index in [0.717, 1.165) is 6.07 Å². The number of benzene rings is 2. The number of nitrogens with zero attached hydrogens (tertiary/aromatic N) is 1. The summed E-state index contributed by atoms with van der Waals surface area (Å²) in [5, 5.41) is 4.05. The SMILES string of the molecule is Nc1cc(S(=O)(=O)O)cc2c1C(=O)/C(=N\Nc1ccccc1)C=C2. The van der Waals surface area contributed by atoms with Crippen LogP contribution in [-0.2, 0) is 10.1 Å². The highest BCUT2D eigenvalue weighted by atomic mass is 32.2. The van der Waals surface area contributed by atoms with E-state index >= 15 is 0 Å². The van der Waals surface area contributed by atoms with Gasteiger partial charge in [0.25, 0.3) is 10.1 Å². The van der Waals surface area contributed by atoms with Crippen molar-refractivity contribution in [3.8, 4) is 0 Å². The molecule has 0 bridgehead atoms. The molecule has 0 saturated heterocycles. The average molecular weight is 343 g/mol. The van der Waals surface area contributed by atoms with E-state index in [1.807, 2.05) is 18.2 Å². The number of anilines is 2. The predicted molar refractivity (Wildman–Crippen MR) is 91.5 cm³/mol. The molecular weight excluding hydrogens is 330 g/mol. The van der Waals surface area contributed by atoms with Gasteiger partial charge in [-0.3, -0.25) is 14.8 Å². The monoisotopic (exact) mass is 343 g/mol. The molecule has 0 amide bonds. The van der Waals surface area contributed by atoms with Gasteiger partial charge in [0.15, 0.2) is 0 Å². The number of fused-ring (bicyclic) bond motifs is 1. The molecular formula is C16H13N3O4S. The van der Waals surface area contributed by atoms with E-state index in [2.05, 4.69) is 10.5 Å². The van der Waals surface area contributed by atoms with E-state index in [4.69, 9.17) is 10.3 Å². The summed E-state index contributed by atoms with van der Waals surface area (Å²) in [6, 6.07) is 11.3. The standard InChI is InChI=1S/C16H13N3O4S/c17-13-9-12(24(21,22)23)8-10-6-7-14(16(20)15(10)13)19-18-11-4-2-1-3-5-11/h1-9,18H,17H2,(H,21,22,23)/b19-14-. The predicted octanol–water partition coefficient (Wildman–Crippen LogP) is 2.19. The van der Waals surface area contributed by atoms with Crippen molar-refractivity contribution in [2.75, 3.05) is 11.2 Å². The molecule has 4 N–H and O–H groups in total. The third kappa shape index (κ3) is 3.05. The van der Waals surface area contributed by atoms with E-state index in [-0.39, 0.29) is 21.9 Å². The zero-order valence-corrected chi connectivity index (χ0v) is 13.1. The number of allylic oxidation sites excluding steroid dienone is 1. The summed E-state index contributed by atoms with van der Waals surface area (Å²) in [6.07, 6.45) is 2.97. The van der Waals surface area contributed by atoms with Gasteiger partial charge in [0.1, 0.15) is 5.71 Å². The molecule has 0 atom stereocenters. The van der Waals surface area contributed by atoms with Crippen molar-refractivity contribution in [3.05, 3.63) is 59.7 Å². The minimum Gasteiger partial charge on any atom is -0.398 e. The minimum absolute atomic E-state index is 0.0399. The van der Waals surface area contributed by atoms with Gasteiger partial charge < -0.3 is 5.73 Å². The fraction of sp³-hybridized carbons (Fsp3) is 0. The first-order valence-corrected chi connectivity index (χ1v) is 8.33. The molecule has 24 heavy (non-hydrogen) atoms. The van der Waals surface area contributed by atoms with E-state index in [0.29, 0.717) is 11.3 Å². The van der Waals surface area contributed by atoms with Crippen LogP contribution in [0.15, 0.2) is 58.5 Å². The third-order valence-corrected chi connectivity index (χ3v) is 4.26. The van der Waals surface area contributed by atoms with Crippen LogP contribution in [0.25, 0.3) is 6.08 Å². The Morgan fingerprint density at radius 1 is 1.08 bits per heavy atom. The second-order valence-electron chi connectivity index (χ2n) is 5.09. The number of carbonyl (C=O) groups is 1. The van der Waals surface area contributed by atoms with Crippen LogP contribution in [0.4, 0.5) is 11.4 Å². The zero-order chi connectivity index (χ0) is 17.3. The molecule has 0 spiro atoms. The van der Waals surface area contributed by atoms with Crippen LogP contribution in [0.1, 0.15) is 15.9 Å². The van der Waals surface area contributed by atoms with Crippen LogP contribution < -0.4 is 11.2 Å². The number of nitrogens with one attached hydrogen (secondary N) is 1. The zero-order valence-electron chi connectivity index (χ0n) is 12.3. The van der Waals surface area contributed by atoms with Crippen LogP contribution in [0.5, 0.6) is 0 Å². The van der Waals surface area contributed by atoms with Crippen LogP contribution in [0.2, 0.25) is 0 Å². The molecule has 1 aliphatic carbocycles. The lowest BCUT2D eigenvalue weighted by Crippen LogP contribution is -2.20. The van der Waals surface area contributed by atoms with Crippen LogP contribution >= 0.6 is 0 Å². The summed E-state index contributed by atoms with van der Waals surface area (Å²) in [7, 11) is -4.40. The molecule has 0 fully saturated rings. The number of para-hydroxylation sites is 1. The summed E-state index contributed by atoms with van der Waals surface area (Å²) < 4.78 is 31.6. The first-order valence-electron chi connectivity index (χ1n) is 6.89. The molecule has 3 rings (SSSR count). The summed E-state index contributed by atoms with van der Waals surface area (Å²) in [5.41, 5.74) is 9.84. The largest absolute Gasteiger partial charge is 0.398 e. The molecule has 2 aromatic rings. The molecule has 0 radical (unpaired) electrons. The number of rotatable bonds is 3. The maximum absolute atomic E-state index is 12.5. The second kappa shape index (κ2) is 5.91. The Hall–Kier alpha value is -2.97. The average Bonchev–Trinajstić information content (AvgIpc) is 2.54. The first kappa shape index (κ1) is 15.9. The quantitative estimate of drug-likeness (QED) is 0.446. The summed E-state index contributed by atoms with van der Waals surface area (Å²) >= 11 is 0. The Morgan fingerprint density at radius 3 is 2.46 bits per heavy atom. The van der Waals surface area contributed by atoms with Crippen molar-refractivity contribution in [2.45, 2.75) is 4.90 Å². The van der Waals surface area contributed by atoms with Gasteiger partial charge in [0.2, 0.25) is 5.78 Å². The number of carbonyl (C=O) groups excluding carboxylic acids is 1. The van der Waals surface area contributed by atoms with Gasteiger partial charge in [0.05, 0.1) is 16.1 Å². The minimum atomic E-state index is -4.40. The van der Waals surface area contributed by atoms with Crippen LogP contribution in [0, 0.1) is 0 Å². The van der Waals surface area contributed by atoms with Crippen molar-refractivity contribution in [2.24, 2.45) is 5.10 Å². The lowest BCUT2D eigenvalue weighted by Gasteiger charge is -2.15. The number of hydrogen-bond donors (Lipinski definition) is 3. The Bertz CT molecular complexity index is 980. The second-order valence-corrected chi connectivity index (χ2v) is 6.51. The molecule has 0 unspecified atom stereocenters. The molecule has 1 aliphatic rings. The van der Waals surface area contributed by atoms with Gasteiger partial charge in [-0.25, -0.2) is 0 Å². The smallest absolute Gasteiger partial charge is 0.294 e. The highest BCUT2D eigenvalue weighted by Crippen LogP contribution is 2.27. The van der Waals surface area contributed by atoms with Crippen LogP contribution in [0.3, 0.4) is 0 Å². The number of nitrogen functional groups attached to an aromatic ring is 1. The number of hydrazone groups is 1. The van der Waals surface area contributed by atoms with Gasteiger partial charge in [-0.05, 0) is 35.9 Å². The molecule has 0 aliphatic heterocycles.